The number of halogens is 1. The van der Waals surface area contributed by atoms with Gasteiger partial charge in [-0.05, 0) is 42.7 Å². The predicted molar refractivity (Wildman–Crippen MR) is 98.3 cm³/mol. The van der Waals surface area contributed by atoms with Crippen molar-refractivity contribution in [1.29, 1.82) is 0 Å². The van der Waals surface area contributed by atoms with Gasteiger partial charge in [-0.1, -0.05) is 19.1 Å². The lowest BCUT2D eigenvalue weighted by Crippen LogP contribution is -2.26. The lowest BCUT2D eigenvalue weighted by molar-refractivity contribution is 0.325. The number of pyridine rings is 1. The molecule has 4 nitrogen and oxygen atoms in total. The molecule has 1 aliphatic rings. The molecule has 0 saturated carbocycles. The van der Waals surface area contributed by atoms with Gasteiger partial charge >= 0.3 is 0 Å². The number of rotatable bonds is 5. The number of hydrogen-bond donors (Lipinski definition) is 1. The van der Waals surface area contributed by atoms with Crippen LogP contribution in [0.25, 0.3) is 5.65 Å². The summed E-state index contributed by atoms with van der Waals surface area (Å²) in [7, 11) is 0. The van der Waals surface area contributed by atoms with Crippen molar-refractivity contribution in [3.05, 3.63) is 65.9 Å². The van der Waals surface area contributed by atoms with Crippen molar-refractivity contribution in [2.45, 2.75) is 32.4 Å². The molecule has 2 aromatic heterocycles. The number of imidazole rings is 1. The Hall–Kier alpha value is -2.40. The molecule has 0 aliphatic carbocycles. The molecule has 1 atom stereocenters. The van der Waals surface area contributed by atoms with Gasteiger partial charge in [0.1, 0.15) is 0 Å². The maximum atomic E-state index is 13.8. The summed E-state index contributed by atoms with van der Waals surface area (Å²) in [6.07, 6.45) is 5.92. The van der Waals surface area contributed by atoms with E-state index in [9.17, 15) is 4.39 Å². The first-order valence-electron chi connectivity index (χ1n) is 8.91. The minimum absolute atomic E-state index is 0.273. The van der Waals surface area contributed by atoms with Gasteiger partial charge in [0.2, 0.25) is 0 Å². The highest BCUT2D eigenvalue weighted by Gasteiger charge is 2.23. The number of anilines is 1. The summed E-state index contributed by atoms with van der Waals surface area (Å²) in [4.78, 5) is 6.81. The van der Waals surface area contributed by atoms with E-state index < -0.39 is 0 Å². The molecule has 4 rings (SSSR count). The molecule has 1 saturated heterocycles. The van der Waals surface area contributed by atoms with Crippen LogP contribution in [-0.2, 0) is 13.0 Å². The number of benzene rings is 1. The molecule has 1 aliphatic heterocycles. The van der Waals surface area contributed by atoms with Gasteiger partial charge in [0.15, 0.2) is 11.5 Å². The number of aromatic nitrogens is 2. The average Bonchev–Trinajstić information content (AvgIpc) is 3.23. The van der Waals surface area contributed by atoms with Crippen molar-refractivity contribution in [2.75, 3.05) is 18.4 Å². The van der Waals surface area contributed by atoms with Crippen molar-refractivity contribution < 1.29 is 4.39 Å². The van der Waals surface area contributed by atoms with Gasteiger partial charge in [-0.15, -0.1) is 0 Å². The molecule has 1 aromatic carbocycles. The van der Waals surface area contributed by atoms with Crippen molar-refractivity contribution in [3.8, 4) is 0 Å². The van der Waals surface area contributed by atoms with Crippen molar-refractivity contribution >= 4 is 11.3 Å². The van der Waals surface area contributed by atoms with Crippen LogP contribution in [0.3, 0.4) is 0 Å². The minimum atomic E-state index is -0.273. The molecule has 1 fully saturated rings. The summed E-state index contributed by atoms with van der Waals surface area (Å²) in [5.41, 5.74) is 3.87. The fraction of sp³-hybridized carbons (Fsp3) is 0.350. The Bertz CT molecular complexity index is 873. The van der Waals surface area contributed by atoms with Gasteiger partial charge in [0.25, 0.3) is 0 Å². The van der Waals surface area contributed by atoms with Crippen LogP contribution in [0.1, 0.15) is 24.6 Å². The van der Waals surface area contributed by atoms with Crippen LogP contribution in [0.15, 0.2) is 48.8 Å². The molecule has 3 heterocycles. The first kappa shape index (κ1) is 16.1. The summed E-state index contributed by atoms with van der Waals surface area (Å²) in [6, 6.07) is 12.2. The van der Waals surface area contributed by atoms with Crippen LogP contribution in [0.4, 0.5) is 10.1 Å². The molecule has 1 N–H and O–H groups in total. The van der Waals surface area contributed by atoms with E-state index in [-0.39, 0.29) is 5.82 Å². The third-order valence-corrected chi connectivity index (χ3v) is 4.85. The van der Waals surface area contributed by atoms with Crippen LogP contribution in [0, 0.1) is 5.82 Å². The fourth-order valence-corrected chi connectivity index (χ4v) is 3.55. The van der Waals surface area contributed by atoms with E-state index in [1.807, 2.05) is 12.4 Å². The maximum absolute atomic E-state index is 13.8. The van der Waals surface area contributed by atoms with E-state index in [0.717, 1.165) is 38.2 Å². The normalized spacial score (nSPS) is 18.1. The third-order valence-electron chi connectivity index (χ3n) is 4.85. The van der Waals surface area contributed by atoms with E-state index >= 15 is 0 Å². The van der Waals surface area contributed by atoms with Gasteiger partial charge in [0, 0.05) is 43.8 Å². The fourth-order valence-electron chi connectivity index (χ4n) is 3.55. The summed E-state index contributed by atoms with van der Waals surface area (Å²) >= 11 is 0. The van der Waals surface area contributed by atoms with Crippen molar-refractivity contribution in [2.24, 2.45) is 0 Å². The second-order valence-corrected chi connectivity index (χ2v) is 6.74. The van der Waals surface area contributed by atoms with Crippen LogP contribution in [0.2, 0.25) is 0 Å². The standard InChI is InChI=1S/C20H23FN4/c1-2-15-5-3-6-16(11-15)22-17-8-10-24(12-17)13-18-14-25-9-4-7-19(21)20(25)23-18/h3-7,9,11,14,17,22H,2,8,10,12-13H2,1H3. The van der Waals surface area contributed by atoms with Crippen molar-refractivity contribution in [3.63, 3.8) is 0 Å². The zero-order valence-corrected chi connectivity index (χ0v) is 14.5. The Labute approximate surface area is 147 Å². The van der Waals surface area contributed by atoms with Crippen LogP contribution >= 0.6 is 0 Å². The molecule has 1 unspecified atom stereocenters. The number of likely N-dealkylation sites (tertiary alicyclic amines) is 1. The third kappa shape index (κ3) is 3.51. The second-order valence-electron chi connectivity index (χ2n) is 6.74. The van der Waals surface area contributed by atoms with E-state index in [1.54, 1.807) is 10.5 Å². The largest absolute Gasteiger partial charge is 0.381 e. The number of fused-ring (bicyclic) bond motifs is 1. The van der Waals surface area contributed by atoms with E-state index in [4.69, 9.17) is 0 Å². The molecule has 25 heavy (non-hydrogen) atoms. The Morgan fingerprint density at radius 1 is 1.28 bits per heavy atom. The molecular formula is C20H23FN4. The van der Waals surface area contributed by atoms with Crippen LogP contribution in [-0.4, -0.2) is 33.4 Å². The quantitative estimate of drug-likeness (QED) is 0.769. The van der Waals surface area contributed by atoms with Gasteiger partial charge in [-0.3, -0.25) is 4.90 Å². The number of hydrogen-bond acceptors (Lipinski definition) is 3. The Kier molecular flexibility index (Phi) is 4.40. The topological polar surface area (TPSA) is 32.6 Å². The highest BCUT2D eigenvalue weighted by Crippen LogP contribution is 2.19. The van der Waals surface area contributed by atoms with Gasteiger partial charge in [0.05, 0.1) is 5.69 Å². The lowest BCUT2D eigenvalue weighted by Gasteiger charge is -2.17. The monoisotopic (exact) mass is 338 g/mol. The Balaban J connectivity index is 1.39. The molecule has 0 radical (unpaired) electrons. The smallest absolute Gasteiger partial charge is 0.173 e. The zero-order chi connectivity index (χ0) is 17.2. The van der Waals surface area contributed by atoms with E-state index in [1.165, 1.54) is 17.3 Å². The van der Waals surface area contributed by atoms with E-state index in [2.05, 4.69) is 46.4 Å². The van der Waals surface area contributed by atoms with Crippen LogP contribution in [0.5, 0.6) is 0 Å². The van der Waals surface area contributed by atoms with Gasteiger partial charge in [-0.2, -0.15) is 0 Å². The van der Waals surface area contributed by atoms with E-state index in [0.29, 0.717) is 11.7 Å². The molecule has 3 aromatic rings. The minimum Gasteiger partial charge on any atom is -0.381 e. The molecule has 5 heteroatoms. The molecule has 0 bridgehead atoms. The van der Waals surface area contributed by atoms with Crippen molar-refractivity contribution in [1.82, 2.24) is 14.3 Å². The number of nitrogens with zero attached hydrogens (tertiary/aromatic N) is 3. The number of aryl methyl sites for hydroxylation is 1. The highest BCUT2D eigenvalue weighted by molar-refractivity contribution is 5.47. The summed E-state index contributed by atoms with van der Waals surface area (Å²) < 4.78 is 15.5. The maximum Gasteiger partial charge on any atom is 0.173 e. The molecule has 130 valence electrons. The summed E-state index contributed by atoms with van der Waals surface area (Å²) in [5, 5.41) is 3.64. The summed E-state index contributed by atoms with van der Waals surface area (Å²) in [5.74, 6) is -0.273. The zero-order valence-electron chi connectivity index (χ0n) is 14.5. The first-order valence-corrected chi connectivity index (χ1v) is 8.91. The average molecular weight is 338 g/mol. The number of nitrogens with one attached hydrogen (secondary N) is 1. The van der Waals surface area contributed by atoms with Gasteiger partial charge < -0.3 is 9.72 Å². The first-order chi connectivity index (χ1) is 12.2. The molecule has 0 amide bonds. The molecule has 0 spiro atoms. The van der Waals surface area contributed by atoms with Gasteiger partial charge in [-0.25, -0.2) is 9.37 Å². The SMILES string of the molecule is CCc1cccc(NC2CCN(Cc3cn4cccc(F)c4n3)C2)c1. The second kappa shape index (κ2) is 6.84. The predicted octanol–water partition coefficient (Wildman–Crippen LogP) is 3.72. The highest BCUT2D eigenvalue weighted by atomic mass is 19.1. The van der Waals surface area contributed by atoms with Crippen LogP contribution < -0.4 is 5.32 Å². The molecular weight excluding hydrogens is 315 g/mol. The summed E-state index contributed by atoms with van der Waals surface area (Å²) in [6.45, 7) is 4.94. The Morgan fingerprint density at radius 2 is 2.20 bits per heavy atom. The Morgan fingerprint density at radius 3 is 3.04 bits per heavy atom. The lowest BCUT2D eigenvalue weighted by atomic mass is 10.1.